The summed E-state index contributed by atoms with van der Waals surface area (Å²) in [6, 6.07) is 3.97. The molecule has 0 radical (unpaired) electrons. The van der Waals surface area contributed by atoms with E-state index in [1.54, 1.807) is 6.33 Å². The first-order valence-corrected chi connectivity index (χ1v) is 8.61. The molecule has 2 aliphatic rings. The summed E-state index contributed by atoms with van der Waals surface area (Å²) < 4.78 is 0. The van der Waals surface area contributed by atoms with Gasteiger partial charge in [-0.15, -0.1) is 11.3 Å². The first kappa shape index (κ1) is 13.7. The summed E-state index contributed by atoms with van der Waals surface area (Å²) >= 11 is 1.48. The molecule has 1 aliphatic carbocycles. The standard InChI is InChI=1S/C16H18N4OS/c21-16(14-5-2-8-22-14)19-11-6-7-20(9-11)15-12-3-1-4-13(12)17-10-18-15/h2,5,8,10-11H,1,3-4,6-7,9H2,(H,19,21)/t11-/m0/s1. The lowest BCUT2D eigenvalue weighted by atomic mass is 10.2. The Bertz CT molecular complexity index is 685. The van der Waals surface area contributed by atoms with Crippen LogP contribution >= 0.6 is 11.3 Å². The van der Waals surface area contributed by atoms with Crippen LogP contribution in [0.3, 0.4) is 0 Å². The van der Waals surface area contributed by atoms with Gasteiger partial charge in [-0.25, -0.2) is 9.97 Å². The Kier molecular flexibility index (Phi) is 3.54. The molecule has 0 bridgehead atoms. The minimum absolute atomic E-state index is 0.0368. The van der Waals surface area contributed by atoms with Crippen molar-refractivity contribution in [2.75, 3.05) is 18.0 Å². The van der Waals surface area contributed by atoms with E-state index in [0.717, 1.165) is 43.0 Å². The minimum atomic E-state index is 0.0368. The maximum absolute atomic E-state index is 12.1. The second kappa shape index (κ2) is 5.68. The van der Waals surface area contributed by atoms with Crippen LogP contribution in [-0.2, 0) is 12.8 Å². The second-order valence-electron chi connectivity index (χ2n) is 5.86. The summed E-state index contributed by atoms with van der Waals surface area (Å²) in [5.41, 5.74) is 2.52. The number of aryl methyl sites for hydroxylation is 1. The summed E-state index contributed by atoms with van der Waals surface area (Å²) in [6.07, 6.45) is 5.96. The van der Waals surface area contributed by atoms with Crippen LogP contribution in [0.5, 0.6) is 0 Å². The third-order valence-electron chi connectivity index (χ3n) is 4.42. The summed E-state index contributed by atoms with van der Waals surface area (Å²) in [5.74, 6) is 1.12. The molecule has 1 amide bonds. The van der Waals surface area contributed by atoms with Gasteiger partial charge in [-0.3, -0.25) is 4.79 Å². The fraction of sp³-hybridized carbons (Fsp3) is 0.438. The molecular formula is C16H18N4OS. The van der Waals surface area contributed by atoms with Gasteiger partial charge in [0, 0.05) is 30.4 Å². The van der Waals surface area contributed by atoms with Gasteiger partial charge >= 0.3 is 0 Å². The van der Waals surface area contributed by atoms with E-state index in [1.165, 1.54) is 29.0 Å². The van der Waals surface area contributed by atoms with Gasteiger partial charge < -0.3 is 10.2 Å². The number of aromatic nitrogens is 2. The molecule has 1 saturated heterocycles. The van der Waals surface area contributed by atoms with Gasteiger partial charge in [0.05, 0.1) is 4.88 Å². The Morgan fingerprint density at radius 3 is 3.18 bits per heavy atom. The van der Waals surface area contributed by atoms with Gasteiger partial charge in [-0.1, -0.05) is 6.07 Å². The average molecular weight is 314 g/mol. The van der Waals surface area contributed by atoms with Gasteiger partial charge in [-0.05, 0) is 37.1 Å². The van der Waals surface area contributed by atoms with E-state index in [-0.39, 0.29) is 11.9 Å². The molecular weight excluding hydrogens is 296 g/mol. The lowest BCUT2D eigenvalue weighted by Crippen LogP contribution is -2.37. The molecule has 0 spiro atoms. The number of nitrogens with one attached hydrogen (secondary N) is 1. The first-order chi connectivity index (χ1) is 10.8. The van der Waals surface area contributed by atoms with Crippen molar-refractivity contribution in [1.82, 2.24) is 15.3 Å². The van der Waals surface area contributed by atoms with Crippen LogP contribution in [0.4, 0.5) is 5.82 Å². The molecule has 6 heteroatoms. The predicted molar refractivity (Wildman–Crippen MR) is 86.5 cm³/mol. The average Bonchev–Trinajstić information content (AvgIpc) is 3.27. The number of thiophene rings is 1. The van der Waals surface area contributed by atoms with Gasteiger partial charge in [0.2, 0.25) is 0 Å². The summed E-state index contributed by atoms with van der Waals surface area (Å²) in [6.45, 7) is 1.78. The zero-order chi connectivity index (χ0) is 14.9. The van der Waals surface area contributed by atoms with E-state index in [1.807, 2.05) is 17.5 Å². The molecule has 22 heavy (non-hydrogen) atoms. The zero-order valence-corrected chi connectivity index (χ0v) is 13.1. The fourth-order valence-electron chi connectivity index (χ4n) is 3.35. The Labute approximate surface area is 133 Å². The Morgan fingerprint density at radius 2 is 2.32 bits per heavy atom. The third kappa shape index (κ3) is 2.47. The molecule has 5 nitrogen and oxygen atoms in total. The van der Waals surface area contributed by atoms with E-state index in [0.29, 0.717) is 0 Å². The molecule has 0 saturated carbocycles. The number of fused-ring (bicyclic) bond motifs is 1. The SMILES string of the molecule is O=C(N[C@H]1CCN(c2ncnc3c2CCC3)C1)c1cccs1. The molecule has 1 aliphatic heterocycles. The highest BCUT2D eigenvalue weighted by Gasteiger charge is 2.28. The van der Waals surface area contributed by atoms with Gasteiger partial charge in [0.25, 0.3) is 5.91 Å². The number of rotatable bonds is 3. The zero-order valence-electron chi connectivity index (χ0n) is 12.3. The molecule has 1 fully saturated rings. The predicted octanol–water partition coefficient (Wildman–Crippen LogP) is 2.04. The number of anilines is 1. The monoisotopic (exact) mass is 314 g/mol. The number of amides is 1. The molecule has 3 heterocycles. The molecule has 1 N–H and O–H groups in total. The van der Waals surface area contributed by atoms with E-state index in [2.05, 4.69) is 20.2 Å². The Balaban J connectivity index is 1.45. The van der Waals surface area contributed by atoms with Crippen LogP contribution < -0.4 is 10.2 Å². The molecule has 2 aromatic heterocycles. The largest absolute Gasteiger partial charge is 0.354 e. The highest BCUT2D eigenvalue weighted by Crippen LogP contribution is 2.29. The van der Waals surface area contributed by atoms with E-state index in [9.17, 15) is 4.79 Å². The number of hydrogen-bond acceptors (Lipinski definition) is 5. The third-order valence-corrected chi connectivity index (χ3v) is 5.29. The smallest absolute Gasteiger partial charge is 0.261 e. The lowest BCUT2D eigenvalue weighted by molar-refractivity contribution is 0.0944. The van der Waals surface area contributed by atoms with Crippen molar-refractivity contribution in [1.29, 1.82) is 0 Å². The van der Waals surface area contributed by atoms with E-state index in [4.69, 9.17) is 0 Å². The maximum Gasteiger partial charge on any atom is 0.261 e. The van der Waals surface area contributed by atoms with Crippen LogP contribution in [0, 0.1) is 0 Å². The van der Waals surface area contributed by atoms with Gasteiger partial charge in [0.1, 0.15) is 12.1 Å². The van der Waals surface area contributed by atoms with Crippen molar-refractivity contribution in [2.45, 2.75) is 31.7 Å². The quantitative estimate of drug-likeness (QED) is 0.942. The summed E-state index contributed by atoms with van der Waals surface area (Å²) in [4.78, 5) is 24.1. The van der Waals surface area contributed by atoms with Crippen molar-refractivity contribution in [2.24, 2.45) is 0 Å². The van der Waals surface area contributed by atoms with E-state index >= 15 is 0 Å². The molecule has 114 valence electrons. The molecule has 1 atom stereocenters. The van der Waals surface area contributed by atoms with Gasteiger partial charge in [0.15, 0.2) is 0 Å². The second-order valence-corrected chi connectivity index (χ2v) is 6.81. The molecule has 0 unspecified atom stereocenters. The van der Waals surface area contributed by atoms with Crippen LogP contribution in [-0.4, -0.2) is 35.0 Å². The summed E-state index contributed by atoms with van der Waals surface area (Å²) in [7, 11) is 0. The normalized spacial score (nSPS) is 20.2. The van der Waals surface area contributed by atoms with Gasteiger partial charge in [-0.2, -0.15) is 0 Å². The highest BCUT2D eigenvalue weighted by atomic mass is 32.1. The van der Waals surface area contributed by atoms with Crippen molar-refractivity contribution < 1.29 is 4.79 Å². The Morgan fingerprint density at radius 1 is 1.36 bits per heavy atom. The van der Waals surface area contributed by atoms with Crippen LogP contribution in [0.15, 0.2) is 23.8 Å². The Hall–Kier alpha value is -1.95. The number of nitrogens with zero attached hydrogens (tertiary/aromatic N) is 3. The number of carbonyl (C=O) groups excluding carboxylic acids is 1. The van der Waals surface area contributed by atoms with Crippen LogP contribution in [0.1, 0.15) is 33.8 Å². The van der Waals surface area contributed by atoms with Crippen molar-refractivity contribution >= 4 is 23.1 Å². The number of hydrogen-bond donors (Lipinski definition) is 1. The summed E-state index contributed by atoms with van der Waals surface area (Å²) in [5, 5.41) is 5.07. The first-order valence-electron chi connectivity index (χ1n) is 7.73. The van der Waals surface area contributed by atoms with Crippen LogP contribution in [0.2, 0.25) is 0 Å². The van der Waals surface area contributed by atoms with Crippen LogP contribution in [0.25, 0.3) is 0 Å². The molecule has 0 aromatic carbocycles. The van der Waals surface area contributed by atoms with Crippen molar-refractivity contribution in [3.8, 4) is 0 Å². The molecule has 2 aromatic rings. The fourth-order valence-corrected chi connectivity index (χ4v) is 3.98. The van der Waals surface area contributed by atoms with Crippen molar-refractivity contribution in [3.63, 3.8) is 0 Å². The highest BCUT2D eigenvalue weighted by molar-refractivity contribution is 7.12. The molecule has 4 rings (SSSR count). The number of carbonyl (C=O) groups is 1. The maximum atomic E-state index is 12.1. The van der Waals surface area contributed by atoms with Crippen molar-refractivity contribution in [3.05, 3.63) is 40.0 Å². The minimum Gasteiger partial charge on any atom is -0.354 e. The topological polar surface area (TPSA) is 58.1 Å². The van der Waals surface area contributed by atoms with E-state index < -0.39 is 0 Å². The lowest BCUT2D eigenvalue weighted by Gasteiger charge is -2.20.